The van der Waals surface area contributed by atoms with E-state index >= 15 is 0 Å². The van der Waals surface area contributed by atoms with Gasteiger partial charge in [-0.1, -0.05) is 18.2 Å². The summed E-state index contributed by atoms with van der Waals surface area (Å²) in [7, 11) is 0. The van der Waals surface area contributed by atoms with Crippen LogP contribution in [0.3, 0.4) is 0 Å². The van der Waals surface area contributed by atoms with Crippen LogP contribution >= 0.6 is 0 Å². The minimum atomic E-state index is -3.06. The Morgan fingerprint density at radius 1 is 1.10 bits per heavy atom. The van der Waals surface area contributed by atoms with Gasteiger partial charge in [0.2, 0.25) is 0 Å². The zero-order chi connectivity index (χ0) is 22.4. The van der Waals surface area contributed by atoms with E-state index in [2.05, 4.69) is 20.4 Å². The van der Waals surface area contributed by atoms with Crippen molar-refractivity contribution >= 4 is 23.0 Å². The van der Waals surface area contributed by atoms with Crippen LogP contribution < -0.4 is 15.4 Å². The molecule has 1 atom stereocenters. The number of anilines is 2. The number of benzene rings is 2. The van der Waals surface area contributed by atoms with Crippen LogP contribution in [-0.4, -0.2) is 22.4 Å². The highest BCUT2D eigenvalue weighted by Gasteiger charge is 2.20. The van der Waals surface area contributed by atoms with Crippen LogP contribution in [0.15, 0.2) is 66.9 Å². The van der Waals surface area contributed by atoms with Crippen molar-refractivity contribution in [1.29, 1.82) is 0 Å². The van der Waals surface area contributed by atoms with Gasteiger partial charge in [0.25, 0.3) is 11.6 Å². The van der Waals surface area contributed by atoms with E-state index in [1.807, 2.05) is 0 Å². The Morgan fingerprint density at radius 3 is 2.52 bits per heavy atom. The fourth-order valence-corrected chi connectivity index (χ4v) is 2.85. The molecule has 3 aromatic rings. The molecule has 3 rings (SSSR count). The lowest BCUT2D eigenvalue weighted by Gasteiger charge is -2.15. The van der Waals surface area contributed by atoms with Crippen molar-refractivity contribution in [3.63, 3.8) is 0 Å². The summed E-state index contributed by atoms with van der Waals surface area (Å²) in [5.41, 5.74) is 0.582. The minimum absolute atomic E-state index is 0.0152. The van der Waals surface area contributed by atoms with Gasteiger partial charge < -0.3 is 15.4 Å². The molecule has 0 saturated carbocycles. The maximum atomic E-state index is 12.6. The molecule has 10 heteroatoms. The highest BCUT2D eigenvalue weighted by molar-refractivity contribution is 6.05. The smallest absolute Gasteiger partial charge is 0.387 e. The molecule has 31 heavy (non-hydrogen) atoms. The van der Waals surface area contributed by atoms with Gasteiger partial charge in [0.1, 0.15) is 11.4 Å². The van der Waals surface area contributed by atoms with Gasteiger partial charge in [-0.25, -0.2) is 0 Å². The van der Waals surface area contributed by atoms with E-state index in [1.165, 1.54) is 36.4 Å². The lowest BCUT2D eigenvalue weighted by Crippen LogP contribution is -2.15. The number of hydrogen-bond donors (Lipinski definition) is 2. The zero-order valence-electron chi connectivity index (χ0n) is 16.3. The number of nitro benzene ring substituents is 1. The first-order chi connectivity index (χ1) is 14.8. The van der Waals surface area contributed by atoms with Crippen molar-refractivity contribution in [2.75, 3.05) is 10.6 Å². The van der Waals surface area contributed by atoms with Gasteiger partial charge in [0.05, 0.1) is 22.3 Å². The van der Waals surface area contributed by atoms with Crippen molar-refractivity contribution in [2.45, 2.75) is 19.6 Å². The SMILES string of the molecule is CC(Nc1ccc(C(=O)Nc2ccccc2OC(F)F)cc1[N+](=O)[O-])c1ccccn1. The predicted octanol–water partition coefficient (Wildman–Crippen LogP) is 5.02. The van der Waals surface area contributed by atoms with E-state index in [1.54, 1.807) is 31.3 Å². The Kier molecular flexibility index (Phi) is 6.71. The third-order valence-electron chi connectivity index (χ3n) is 4.31. The number of amides is 1. The van der Waals surface area contributed by atoms with E-state index in [4.69, 9.17) is 0 Å². The fraction of sp³-hybridized carbons (Fsp3) is 0.143. The van der Waals surface area contributed by atoms with Gasteiger partial charge in [-0.3, -0.25) is 19.9 Å². The molecule has 160 valence electrons. The molecular weight excluding hydrogens is 410 g/mol. The molecule has 1 heterocycles. The van der Waals surface area contributed by atoms with Crippen molar-refractivity contribution < 1.29 is 23.2 Å². The molecule has 2 N–H and O–H groups in total. The van der Waals surface area contributed by atoms with E-state index in [0.717, 1.165) is 6.07 Å². The average Bonchev–Trinajstić information content (AvgIpc) is 2.75. The molecule has 0 bridgehead atoms. The van der Waals surface area contributed by atoms with Crippen LogP contribution in [0.5, 0.6) is 5.75 Å². The number of rotatable bonds is 8. The number of nitro groups is 1. The summed E-state index contributed by atoms with van der Waals surface area (Å²) in [6, 6.07) is 14.6. The van der Waals surface area contributed by atoms with Crippen molar-refractivity contribution in [3.05, 3.63) is 88.2 Å². The van der Waals surface area contributed by atoms with Gasteiger partial charge >= 0.3 is 6.61 Å². The quantitative estimate of drug-likeness (QED) is 0.386. The summed E-state index contributed by atoms with van der Waals surface area (Å²) in [5, 5.41) is 17.0. The molecule has 0 fully saturated rings. The summed E-state index contributed by atoms with van der Waals surface area (Å²) < 4.78 is 29.5. The van der Waals surface area contributed by atoms with Crippen molar-refractivity contribution in [2.24, 2.45) is 0 Å². The lowest BCUT2D eigenvalue weighted by atomic mass is 10.1. The van der Waals surface area contributed by atoms with Crippen LogP contribution in [0, 0.1) is 10.1 Å². The summed E-state index contributed by atoms with van der Waals surface area (Å²) in [4.78, 5) is 27.7. The van der Waals surface area contributed by atoms with Crippen LogP contribution in [-0.2, 0) is 0 Å². The Morgan fingerprint density at radius 2 is 1.84 bits per heavy atom. The zero-order valence-corrected chi connectivity index (χ0v) is 16.3. The number of nitrogens with one attached hydrogen (secondary N) is 2. The molecule has 0 radical (unpaired) electrons. The maximum Gasteiger partial charge on any atom is 0.387 e. The second-order valence-corrected chi connectivity index (χ2v) is 6.44. The summed E-state index contributed by atoms with van der Waals surface area (Å²) in [6.07, 6.45) is 1.62. The van der Waals surface area contributed by atoms with Crippen LogP contribution in [0.4, 0.5) is 25.8 Å². The Hall–Kier alpha value is -4.08. The Bertz CT molecular complexity index is 1080. The number of para-hydroxylation sites is 2. The van der Waals surface area contributed by atoms with Crippen molar-refractivity contribution in [3.8, 4) is 5.75 Å². The molecule has 1 amide bonds. The molecule has 2 aromatic carbocycles. The normalized spacial score (nSPS) is 11.6. The summed E-state index contributed by atoms with van der Waals surface area (Å²) >= 11 is 0. The number of hydrogen-bond acceptors (Lipinski definition) is 6. The molecular formula is C21H18F2N4O4. The van der Waals surface area contributed by atoms with E-state index in [-0.39, 0.29) is 34.4 Å². The third kappa shape index (κ3) is 5.50. The van der Waals surface area contributed by atoms with E-state index < -0.39 is 17.4 Å². The molecule has 0 aliphatic carbocycles. The molecule has 0 aliphatic rings. The highest BCUT2D eigenvalue weighted by atomic mass is 19.3. The number of alkyl halides is 2. The molecule has 0 aliphatic heterocycles. The van der Waals surface area contributed by atoms with Gasteiger partial charge in [0.15, 0.2) is 0 Å². The van der Waals surface area contributed by atoms with E-state index in [0.29, 0.717) is 5.69 Å². The largest absolute Gasteiger partial charge is 0.433 e. The second-order valence-electron chi connectivity index (χ2n) is 6.44. The number of halogens is 2. The summed E-state index contributed by atoms with van der Waals surface area (Å²) in [6.45, 7) is -1.27. The molecule has 0 saturated heterocycles. The molecule has 0 spiro atoms. The predicted molar refractivity (Wildman–Crippen MR) is 110 cm³/mol. The Labute approximate surface area is 176 Å². The lowest BCUT2D eigenvalue weighted by molar-refractivity contribution is -0.384. The standard InChI is InChI=1S/C21H18F2N4O4/c1-13(15-6-4-5-11-24-15)25-16-10-9-14(12-18(16)27(29)30)20(28)26-17-7-2-3-8-19(17)31-21(22)23/h2-13,21,25H,1H3,(H,26,28). The maximum absolute atomic E-state index is 12.6. The van der Waals surface area contributed by atoms with Crippen LogP contribution in [0.25, 0.3) is 0 Å². The fourth-order valence-electron chi connectivity index (χ4n) is 2.85. The number of nitrogens with zero attached hydrogens (tertiary/aromatic N) is 2. The minimum Gasteiger partial charge on any atom is -0.433 e. The molecule has 8 nitrogen and oxygen atoms in total. The number of aromatic nitrogens is 1. The number of carbonyl (C=O) groups excluding carboxylic acids is 1. The van der Waals surface area contributed by atoms with Gasteiger partial charge in [-0.2, -0.15) is 8.78 Å². The van der Waals surface area contributed by atoms with Gasteiger partial charge in [-0.15, -0.1) is 0 Å². The number of carbonyl (C=O) groups is 1. The van der Waals surface area contributed by atoms with Crippen molar-refractivity contribution in [1.82, 2.24) is 4.98 Å². The molecule has 1 aromatic heterocycles. The van der Waals surface area contributed by atoms with Gasteiger partial charge in [0, 0.05) is 17.8 Å². The van der Waals surface area contributed by atoms with Crippen LogP contribution in [0.2, 0.25) is 0 Å². The second kappa shape index (κ2) is 9.61. The Balaban J connectivity index is 1.82. The first kappa shape index (κ1) is 21.6. The topological polar surface area (TPSA) is 106 Å². The average molecular weight is 428 g/mol. The summed E-state index contributed by atoms with van der Waals surface area (Å²) in [5.74, 6) is -0.930. The van der Waals surface area contributed by atoms with Crippen LogP contribution in [0.1, 0.15) is 29.0 Å². The number of pyridine rings is 1. The highest BCUT2D eigenvalue weighted by Crippen LogP contribution is 2.30. The first-order valence-corrected chi connectivity index (χ1v) is 9.16. The number of ether oxygens (including phenoxy) is 1. The van der Waals surface area contributed by atoms with Gasteiger partial charge in [-0.05, 0) is 43.3 Å². The molecule has 1 unspecified atom stereocenters. The third-order valence-corrected chi connectivity index (χ3v) is 4.31. The van der Waals surface area contributed by atoms with E-state index in [9.17, 15) is 23.7 Å². The first-order valence-electron chi connectivity index (χ1n) is 9.16. The monoisotopic (exact) mass is 428 g/mol.